The molecule has 1 fully saturated rings. The Bertz CT molecular complexity index is 497. The standard InChI is InChI=1S/C10H11Cl2NO2S/c11-7-10(4-5-10)13-16(14,15)9-3-1-2-8(12)6-9/h1-3,6,13H,4-5,7H2. The zero-order valence-electron chi connectivity index (χ0n) is 8.41. The van der Waals surface area contributed by atoms with Crippen molar-refractivity contribution in [3.05, 3.63) is 29.3 Å². The highest BCUT2D eigenvalue weighted by atomic mass is 35.5. The van der Waals surface area contributed by atoms with E-state index in [-0.39, 0.29) is 4.90 Å². The van der Waals surface area contributed by atoms with E-state index in [1.807, 2.05) is 0 Å². The summed E-state index contributed by atoms with van der Waals surface area (Å²) in [4.78, 5) is 0.177. The molecule has 0 unspecified atom stereocenters. The molecule has 16 heavy (non-hydrogen) atoms. The second-order valence-corrected chi connectivity index (χ2v) is 6.36. The van der Waals surface area contributed by atoms with E-state index in [9.17, 15) is 8.42 Å². The molecule has 1 aromatic rings. The predicted octanol–water partition coefficient (Wildman–Crippen LogP) is 2.39. The van der Waals surface area contributed by atoms with Crippen LogP contribution in [0.25, 0.3) is 0 Å². The lowest BCUT2D eigenvalue weighted by Crippen LogP contribution is -2.38. The maximum absolute atomic E-state index is 12.0. The van der Waals surface area contributed by atoms with Crippen molar-refractivity contribution in [1.82, 2.24) is 4.72 Å². The second kappa shape index (κ2) is 4.18. The minimum Gasteiger partial charge on any atom is -0.207 e. The van der Waals surface area contributed by atoms with E-state index >= 15 is 0 Å². The number of hydrogen-bond donors (Lipinski definition) is 1. The van der Waals surface area contributed by atoms with Gasteiger partial charge in [0.2, 0.25) is 10.0 Å². The number of alkyl halides is 1. The largest absolute Gasteiger partial charge is 0.241 e. The summed E-state index contributed by atoms with van der Waals surface area (Å²) in [6.07, 6.45) is 1.58. The Hall–Kier alpha value is -0.290. The van der Waals surface area contributed by atoms with E-state index in [0.29, 0.717) is 10.9 Å². The van der Waals surface area contributed by atoms with Crippen LogP contribution in [0.2, 0.25) is 5.02 Å². The Morgan fingerprint density at radius 3 is 2.56 bits per heavy atom. The second-order valence-electron chi connectivity index (χ2n) is 3.98. The van der Waals surface area contributed by atoms with Gasteiger partial charge < -0.3 is 0 Å². The van der Waals surface area contributed by atoms with Crippen molar-refractivity contribution in [2.75, 3.05) is 5.88 Å². The first-order valence-electron chi connectivity index (χ1n) is 4.83. The molecule has 0 aliphatic heterocycles. The van der Waals surface area contributed by atoms with Gasteiger partial charge in [-0.15, -0.1) is 11.6 Å². The maximum Gasteiger partial charge on any atom is 0.241 e. The molecule has 0 radical (unpaired) electrons. The molecule has 0 amide bonds. The van der Waals surface area contributed by atoms with Gasteiger partial charge in [-0.05, 0) is 31.0 Å². The summed E-state index contributed by atoms with van der Waals surface area (Å²) in [7, 11) is -3.51. The van der Waals surface area contributed by atoms with Crippen LogP contribution < -0.4 is 4.72 Å². The summed E-state index contributed by atoms with van der Waals surface area (Å²) in [5, 5.41) is 0.401. The van der Waals surface area contributed by atoms with E-state index in [1.165, 1.54) is 12.1 Å². The van der Waals surface area contributed by atoms with Crippen LogP contribution in [0.4, 0.5) is 0 Å². The molecule has 6 heteroatoms. The Balaban J connectivity index is 2.26. The third-order valence-corrected chi connectivity index (χ3v) is 4.89. The van der Waals surface area contributed by atoms with Crippen LogP contribution in [0.15, 0.2) is 29.2 Å². The van der Waals surface area contributed by atoms with E-state index in [0.717, 1.165) is 12.8 Å². The summed E-state index contributed by atoms with van der Waals surface area (Å²) in [5.41, 5.74) is -0.442. The SMILES string of the molecule is O=S(=O)(NC1(CCl)CC1)c1cccc(Cl)c1. The molecular formula is C10H11Cl2NO2S. The molecule has 0 atom stereocenters. The Morgan fingerprint density at radius 1 is 1.38 bits per heavy atom. The zero-order valence-corrected chi connectivity index (χ0v) is 10.7. The molecule has 0 saturated heterocycles. The van der Waals surface area contributed by atoms with Crippen LogP contribution >= 0.6 is 23.2 Å². The van der Waals surface area contributed by atoms with Gasteiger partial charge in [0.05, 0.1) is 4.90 Å². The van der Waals surface area contributed by atoms with Gasteiger partial charge in [0.15, 0.2) is 0 Å². The first kappa shape index (κ1) is 12.2. The van der Waals surface area contributed by atoms with Crippen LogP contribution in [0.5, 0.6) is 0 Å². The number of halogens is 2. The Kier molecular flexibility index (Phi) is 3.18. The van der Waals surface area contributed by atoms with E-state index in [2.05, 4.69) is 4.72 Å². The van der Waals surface area contributed by atoms with E-state index in [4.69, 9.17) is 23.2 Å². The molecule has 1 aliphatic rings. The summed E-state index contributed by atoms with van der Waals surface area (Å²) < 4.78 is 26.6. The lowest BCUT2D eigenvalue weighted by molar-refractivity contribution is 0.559. The highest BCUT2D eigenvalue weighted by molar-refractivity contribution is 7.89. The van der Waals surface area contributed by atoms with Crippen molar-refractivity contribution in [1.29, 1.82) is 0 Å². The monoisotopic (exact) mass is 279 g/mol. The zero-order chi connectivity index (χ0) is 11.8. The molecule has 1 aliphatic carbocycles. The van der Waals surface area contributed by atoms with Gasteiger partial charge >= 0.3 is 0 Å². The molecule has 2 rings (SSSR count). The van der Waals surface area contributed by atoms with Crippen molar-refractivity contribution in [3.63, 3.8) is 0 Å². The fraction of sp³-hybridized carbons (Fsp3) is 0.400. The van der Waals surface area contributed by atoms with Gasteiger partial charge in [-0.2, -0.15) is 0 Å². The molecule has 1 N–H and O–H groups in total. The molecule has 0 spiro atoms. The lowest BCUT2D eigenvalue weighted by Gasteiger charge is -2.14. The fourth-order valence-electron chi connectivity index (χ4n) is 1.39. The molecule has 1 saturated carbocycles. The van der Waals surface area contributed by atoms with Crippen LogP contribution in [-0.2, 0) is 10.0 Å². The fourth-order valence-corrected chi connectivity index (χ4v) is 3.56. The molecule has 88 valence electrons. The summed E-state index contributed by atoms with van der Waals surface area (Å²) in [6, 6.07) is 6.18. The minimum absolute atomic E-state index is 0.177. The molecule has 0 heterocycles. The van der Waals surface area contributed by atoms with E-state index < -0.39 is 15.6 Å². The molecule has 1 aromatic carbocycles. The highest BCUT2D eigenvalue weighted by Crippen LogP contribution is 2.37. The summed E-state index contributed by atoms with van der Waals surface area (Å²) >= 11 is 11.5. The molecule has 3 nitrogen and oxygen atoms in total. The van der Waals surface area contributed by atoms with Crippen molar-refractivity contribution >= 4 is 33.2 Å². The van der Waals surface area contributed by atoms with Crippen LogP contribution in [0.3, 0.4) is 0 Å². The van der Waals surface area contributed by atoms with Gasteiger partial charge in [-0.25, -0.2) is 13.1 Å². The van der Waals surface area contributed by atoms with Gasteiger partial charge in [-0.3, -0.25) is 0 Å². The minimum atomic E-state index is -3.51. The van der Waals surface area contributed by atoms with Crippen molar-refractivity contribution in [3.8, 4) is 0 Å². The average molecular weight is 280 g/mol. The van der Waals surface area contributed by atoms with Crippen LogP contribution in [0.1, 0.15) is 12.8 Å². The predicted molar refractivity (Wildman–Crippen MR) is 64.5 cm³/mol. The number of hydrogen-bond acceptors (Lipinski definition) is 2. The first-order valence-corrected chi connectivity index (χ1v) is 7.23. The first-order chi connectivity index (χ1) is 7.47. The Labute approximate surface area is 105 Å². The van der Waals surface area contributed by atoms with Crippen LogP contribution in [-0.4, -0.2) is 19.8 Å². The molecule has 0 bridgehead atoms. The maximum atomic E-state index is 12.0. The Morgan fingerprint density at radius 2 is 2.06 bits per heavy atom. The third kappa shape index (κ3) is 2.51. The quantitative estimate of drug-likeness (QED) is 0.861. The van der Waals surface area contributed by atoms with Gasteiger partial charge in [0, 0.05) is 16.4 Å². The smallest absolute Gasteiger partial charge is 0.207 e. The number of rotatable bonds is 4. The highest BCUT2D eigenvalue weighted by Gasteiger charge is 2.45. The van der Waals surface area contributed by atoms with Gasteiger partial charge in [-0.1, -0.05) is 17.7 Å². The molecule has 0 aromatic heterocycles. The van der Waals surface area contributed by atoms with Crippen molar-refractivity contribution in [2.45, 2.75) is 23.3 Å². The van der Waals surface area contributed by atoms with Crippen molar-refractivity contribution < 1.29 is 8.42 Å². The van der Waals surface area contributed by atoms with Crippen molar-refractivity contribution in [2.24, 2.45) is 0 Å². The normalized spacial score (nSPS) is 18.4. The number of sulfonamides is 1. The van der Waals surface area contributed by atoms with Gasteiger partial charge in [0.25, 0.3) is 0 Å². The lowest BCUT2D eigenvalue weighted by atomic mass is 10.4. The van der Waals surface area contributed by atoms with E-state index in [1.54, 1.807) is 12.1 Å². The average Bonchev–Trinajstić information content (AvgIpc) is 2.98. The van der Waals surface area contributed by atoms with Gasteiger partial charge in [0.1, 0.15) is 0 Å². The third-order valence-electron chi connectivity index (χ3n) is 2.57. The molecular weight excluding hydrogens is 269 g/mol. The summed E-state index contributed by atoms with van der Waals surface area (Å²) in [5.74, 6) is 0.298. The number of nitrogens with one attached hydrogen (secondary N) is 1. The summed E-state index contributed by atoms with van der Waals surface area (Å²) in [6.45, 7) is 0. The van der Waals surface area contributed by atoms with Crippen LogP contribution in [0, 0.1) is 0 Å². The number of benzene rings is 1. The topological polar surface area (TPSA) is 46.2 Å².